The third-order valence-corrected chi connectivity index (χ3v) is 7.04. The maximum atomic E-state index is 13.2. The van der Waals surface area contributed by atoms with E-state index in [1.54, 1.807) is 29.2 Å². The summed E-state index contributed by atoms with van der Waals surface area (Å²) in [5, 5.41) is 11.2. The van der Waals surface area contributed by atoms with Crippen molar-refractivity contribution in [1.29, 1.82) is 0 Å². The lowest BCUT2D eigenvalue weighted by molar-refractivity contribution is -0.140. The van der Waals surface area contributed by atoms with Crippen LogP contribution >= 0.6 is 15.9 Å². The number of halogens is 1. The SMILES string of the molecule is CC(C)(C)c1ccc(C2/C(=C(/O)c3ccc(Br)cc3)C(=O)C(=O)N2CCN2CCOCC2)cc1. The summed E-state index contributed by atoms with van der Waals surface area (Å²) >= 11 is 3.40. The zero-order valence-corrected chi connectivity index (χ0v) is 21.5. The third kappa shape index (κ3) is 5.11. The molecule has 0 aliphatic carbocycles. The molecule has 180 valence electrons. The van der Waals surface area contributed by atoms with Crippen LogP contribution in [0.25, 0.3) is 5.76 Å². The van der Waals surface area contributed by atoms with E-state index in [2.05, 4.69) is 41.6 Å². The van der Waals surface area contributed by atoms with Crippen LogP contribution < -0.4 is 0 Å². The van der Waals surface area contributed by atoms with Gasteiger partial charge in [-0.2, -0.15) is 0 Å². The molecule has 6 nitrogen and oxygen atoms in total. The van der Waals surface area contributed by atoms with Crippen molar-refractivity contribution in [3.8, 4) is 0 Å². The quantitative estimate of drug-likeness (QED) is 0.352. The zero-order valence-electron chi connectivity index (χ0n) is 19.9. The average Bonchev–Trinajstić information content (AvgIpc) is 3.08. The smallest absolute Gasteiger partial charge is 0.295 e. The standard InChI is InChI=1S/C27H31BrN2O4/c1-27(2,3)20-8-4-18(5-9-20)23-22(24(31)19-6-10-21(28)11-7-19)25(32)26(33)30(23)13-12-29-14-16-34-17-15-29/h4-11,23,31H,12-17H2,1-3H3/b24-22-. The molecule has 2 aliphatic rings. The summed E-state index contributed by atoms with van der Waals surface area (Å²) in [6, 6.07) is 14.4. The fourth-order valence-corrected chi connectivity index (χ4v) is 4.72. The van der Waals surface area contributed by atoms with Crippen LogP contribution in [0.3, 0.4) is 0 Å². The highest BCUT2D eigenvalue weighted by Crippen LogP contribution is 2.40. The second-order valence-electron chi connectivity index (χ2n) is 9.83. The van der Waals surface area contributed by atoms with Crippen molar-refractivity contribution >= 4 is 33.4 Å². The van der Waals surface area contributed by atoms with Gasteiger partial charge < -0.3 is 14.7 Å². The summed E-state index contributed by atoms with van der Waals surface area (Å²) in [6.07, 6.45) is 0. The molecule has 1 N–H and O–H groups in total. The molecule has 1 unspecified atom stereocenters. The van der Waals surface area contributed by atoms with E-state index in [0.717, 1.165) is 28.7 Å². The number of rotatable bonds is 5. The van der Waals surface area contributed by atoms with Gasteiger partial charge in [0, 0.05) is 36.2 Å². The Morgan fingerprint density at radius 2 is 1.62 bits per heavy atom. The molecule has 7 heteroatoms. The lowest BCUT2D eigenvalue weighted by atomic mass is 9.85. The number of hydrogen-bond acceptors (Lipinski definition) is 5. The van der Waals surface area contributed by atoms with Gasteiger partial charge in [-0.25, -0.2) is 0 Å². The number of aliphatic hydroxyl groups excluding tert-OH is 1. The lowest BCUT2D eigenvalue weighted by Gasteiger charge is -2.31. The average molecular weight is 527 g/mol. The van der Waals surface area contributed by atoms with Crippen molar-refractivity contribution in [3.63, 3.8) is 0 Å². The Morgan fingerprint density at radius 3 is 2.21 bits per heavy atom. The first-order valence-electron chi connectivity index (χ1n) is 11.6. The number of Topliss-reactive ketones (excluding diaryl/α,β-unsaturated/α-hetero) is 1. The van der Waals surface area contributed by atoms with Gasteiger partial charge in [-0.1, -0.05) is 73.1 Å². The van der Waals surface area contributed by atoms with Gasteiger partial charge in [0.05, 0.1) is 24.8 Å². The van der Waals surface area contributed by atoms with Crippen molar-refractivity contribution in [2.45, 2.75) is 32.2 Å². The molecule has 2 fully saturated rings. The Morgan fingerprint density at radius 1 is 1.00 bits per heavy atom. The predicted octanol–water partition coefficient (Wildman–Crippen LogP) is 4.50. The predicted molar refractivity (Wildman–Crippen MR) is 136 cm³/mol. The highest BCUT2D eigenvalue weighted by Gasteiger charge is 2.46. The van der Waals surface area contributed by atoms with Gasteiger partial charge in [-0.3, -0.25) is 14.5 Å². The van der Waals surface area contributed by atoms with Gasteiger partial charge in [-0.15, -0.1) is 0 Å². The number of likely N-dealkylation sites (tertiary alicyclic amines) is 1. The van der Waals surface area contributed by atoms with E-state index in [1.165, 1.54) is 0 Å². The van der Waals surface area contributed by atoms with E-state index in [1.807, 2.05) is 24.3 Å². The Balaban J connectivity index is 1.74. The molecule has 0 aromatic heterocycles. The van der Waals surface area contributed by atoms with Crippen LogP contribution in [-0.4, -0.2) is 66.0 Å². The first-order chi connectivity index (χ1) is 16.2. The van der Waals surface area contributed by atoms with Gasteiger partial charge in [-0.05, 0) is 28.7 Å². The molecule has 0 radical (unpaired) electrons. The number of hydrogen-bond donors (Lipinski definition) is 1. The number of ether oxygens (including phenoxy) is 1. The molecule has 2 aromatic carbocycles. The molecule has 2 heterocycles. The molecule has 2 aliphatic heterocycles. The van der Waals surface area contributed by atoms with Crippen molar-refractivity contribution < 1.29 is 19.4 Å². The van der Waals surface area contributed by atoms with E-state index in [9.17, 15) is 14.7 Å². The number of carbonyl (C=O) groups is 2. The fraction of sp³-hybridized carbons (Fsp3) is 0.407. The summed E-state index contributed by atoms with van der Waals surface area (Å²) in [5.41, 5.74) is 2.60. The summed E-state index contributed by atoms with van der Waals surface area (Å²) < 4.78 is 6.29. The second kappa shape index (κ2) is 10.0. The Hall–Kier alpha value is -2.48. The molecule has 1 amide bonds. The van der Waals surface area contributed by atoms with Gasteiger partial charge >= 0.3 is 0 Å². The van der Waals surface area contributed by atoms with Gasteiger partial charge in [0.2, 0.25) is 0 Å². The largest absolute Gasteiger partial charge is 0.507 e. The summed E-state index contributed by atoms with van der Waals surface area (Å²) in [6.45, 7) is 10.4. The van der Waals surface area contributed by atoms with E-state index >= 15 is 0 Å². The molecule has 0 saturated carbocycles. The molecule has 2 saturated heterocycles. The topological polar surface area (TPSA) is 70.1 Å². The van der Waals surface area contributed by atoms with Gasteiger partial charge in [0.25, 0.3) is 11.7 Å². The monoisotopic (exact) mass is 526 g/mol. The molecular formula is C27H31BrN2O4. The minimum atomic E-state index is -0.646. The second-order valence-corrected chi connectivity index (χ2v) is 10.7. The van der Waals surface area contributed by atoms with Crippen LogP contribution in [0.2, 0.25) is 0 Å². The lowest BCUT2D eigenvalue weighted by Crippen LogP contribution is -2.42. The van der Waals surface area contributed by atoms with E-state index in [-0.39, 0.29) is 16.7 Å². The number of nitrogens with zero attached hydrogens (tertiary/aromatic N) is 2. The van der Waals surface area contributed by atoms with Crippen LogP contribution in [0.4, 0.5) is 0 Å². The van der Waals surface area contributed by atoms with Crippen molar-refractivity contribution in [2.75, 3.05) is 39.4 Å². The van der Waals surface area contributed by atoms with Crippen LogP contribution in [0, 0.1) is 0 Å². The maximum absolute atomic E-state index is 13.2. The van der Waals surface area contributed by atoms with Gasteiger partial charge in [0.15, 0.2) is 0 Å². The maximum Gasteiger partial charge on any atom is 0.295 e. The number of morpholine rings is 1. The summed E-state index contributed by atoms with van der Waals surface area (Å²) in [4.78, 5) is 30.2. The van der Waals surface area contributed by atoms with E-state index < -0.39 is 17.7 Å². The molecule has 0 spiro atoms. The minimum Gasteiger partial charge on any atom is -0.507 e. The normalized spacial score (nSPS) is 21.3. The molecule has 1 atom stereocenters. The number of amides is 1. The molecule has 2 aromatic rings. The molecule has 4 rings (SSSR count). The highest BCUT2D eigenvalue weighted by atomic mass is 79.9. The van der Waals surface area contributed by atoms with Gasteiger partial charge in [0.1, 0.15) is 5.76 Å². The molecule has 34 heavy (non-hydrogen) atoms. The third-order valence-electron chi connectivity index (χ3n) is 6.51. The Kier molecular flexibility index (Phi) is 7.26. The van der Waals surface area contributed by atoms with E-state index in [4.69, 9.17) is 4.74 Å². The van der Waals surface area contributed by atoms with Crippen molar-refractivity contribution in [3.05, 3.63) is 75.3 Å². The summed E-state index contributed by atoms with van der Waals surface area (Å²) in [5.74, 6) is -1.37. The first kappa shape index (κ1) is 24.6. The van der Waals surface area contributed by atoms with Crippen LogP contribution in [0.15, 0.2) is 58.6 Å². The fourth-order valence-electron chi connectivity index (χ4n) is 4.46. The Labute approximate surface area is 209 Å². The minimum absolute atomic E-state index is 0.0197. The van der Waals surface area contributed by atoms with E-state index in [0.29, 0.717) is 31.9 Å². The Bertz CT molecular complexity index is 1080. The number of aliphatic hydroxyl groups is 1. The molecular weight excluding hydrogens is 496 g/mol. The van der Waals surface area contributed by atoms with Crippen LogP contribution in [-0.2, 0) is 19.7 Å². The van der Waals surface area contributed by atoms with Crippen molar-refractivity contribution in [2.24, 2.45) is 0 Å². The van der Waals surface area contributed by atoms with Crippen LogP contribution in [0.5, 0.6) is 0 Å². The van der Waals surface area contributed by atoms with Crippen molar-refractivity contribution in [1.82, 2.24) is 9.80 Å². The van der Waals surface area contributed by atoms with Crippen LogP contribution in [0.1, 0.15) is 43.5 Å². The zero-order chi connectivity index (χ0) is 24.5. The molecule has 0 bridgehead atoms. The highest BCUT2D eigenvalue weighted by molar-refractivity contribution is 9.10. The number of ketones is 1. The number of carbonyl (C=O) groups excluding carboxylic acids is 2. The number of benzene rings is 2. The first-order valence-corrected chi connectivity index (χ1v) is 12.4. The summed E-state index contributed by atoms with van der Waals surface area (Å²) in [7, 11) is 0.